The second kappa shape index (κ2) is 5.92. The fraction of sp³-hybridized carbons (Fsp3) is 0.429. The summed E-state index contributed by atoms with van der Waals surface area (Å²) in [5.41, 5.74) is 1.05. The van der Waals surface area contributed by atoms with Gasteiger partial charge in [0, 0.05) is 13.0 Å². The van der Waals surface area contributed by atoms with Crippen LogP contribution in [0.3, 0.4) is 0 Å². The molecule has 0 bridgehead atoms. The first-order chi connectivity index (χ1) is 9.33. The van der Waals surface area contributed by atoms with E-state index in [1.54, 1.807) is 23.1 Å². The van der Waals surface area contributed by atoms with Gasteiger partial charge in [0.25, 0.3) is 0 Å². The lowest BCUT2D eigenvalue weighted by molar-refractivity contribution is -0.129. The third-order valence-electron chi connectivity index (χ3n) is 3.29. The quantitative estimate of drug-likeness (QED) is 0.808. The summed E-state index contributed by atoms with van der Waals surface area (Å²) in [4.78, 5) is 18.5. The number of likely N-dealkylation sites (tertiary alicyclic amines) is 1. The maximum absolute atomic E-state index is 11.9. The Morgan fingerprint density at radius 1 is 1.26 bits per heavy atom. The molecule has 2 aromatic rings. The molecule has 0 radical (unpaired) electrons. The Hall–Kier alpha value is -1.07. The van der Waals surface area contributed by atoms with Gasteiger partial charge in [-0.2, -0.15) is 0 Å². The molecule has 0 spiro atoms. The lowest BCUT2D eigenvalue weighted by Crippen LogP contribution is -2.29. The van der Waals surface area contributed by atoms with Crippen LogP contribution in [0, 0.1) is 0 Å². The van der Waals surface area contributed by atoms with E-state index >= 15 is 0 Å². The minimum atomic E-state index is 0.297. The van der Waals surface area contributed by atoms with Crippen LogP contribution in [-0.2, 0) is 4.79 Å². The molecule has 1 aliphatic rings. The Bertz CT molecular complexity index is 549. The molecule has 1 saturated heterocycles. The Morgan fingerprint density at radius 3 is 3.05 bits per heavy atom. The number of nitrogens with zero attached hydrogens (tertiary/aromatic N) is 2. The highest BCUT2D eigenvalue weighted by atomic mass is 32.2. The van der Waals surface area contributed by atoms with Crippen molar-refractivity contribution in [2.75, 3.05) is 12.4 Å². The molecule has 0 unspecified atom stereocenters. The van der Waals surface area contributed by atoms with E-state index < -0.39 is 0 Å². The largest absolute Gasteiger partial charge is 0.333 e. The molecule has 19 heavy (non-hydrogen) atoms. The smallest absolute Gasteiger partial charge is 0.223 e. The van der Waals surface area contributed by atoms with Gasteiger partial charge in [0.2, 0.25) is 5.91 Å². The van der Waals surface area contributed by atoms with Gasteiger partial charge in [-0.3, -0.25) is 4.79 Å². The second-order valence-corrected chi connectivity index (χ2v) is 6.91. The zero-order valence-corrected chi connectivity index (χ0v) is 12.3. The number of benzene rings is 1. The SMILES string of the molecule is O=C1CCCCCN1CSc1nc2ccccc2s1. The van der Waals surface area contributed by atoms with Crippen LogP contribution in [0.1, 0.15) is 25.7 Å². The van der Waals surface area contributed by atoms with E-state index in [0.29, 0.717) is 12.3 Å². The van der Waals surface area contributed by atoms with E-state index in [1.807, 2.05) is 23.1 Å². The average Bonchev–Trinajstić information content (AvgIpc) is 2.73. The summed E-state index contributed by atoms with van der Waals surface area (Å²) in [6.45, 7) is 0.900. The Labute approximate surface area is 121 Å². The van der Waals surface area contributed by atoms with Crippen LogP contribution in [0.2, 0.25) is 0 Å². The number of thiazole rings is 1. The standard InChI is InChI=1S/C14H16N2OS2/c17-13-8-2-1-5-9-16(13)10-18-14-15-11-6-3-4-7-12(11)19-14/h3-4,6-7H,1-2,5,8-10H2. The highest BCUT2D eigenvalue weighted by Gasteiger charge is 2.17. The van der Waals surface area contributed by atoms with Crippen molar-refractivity contribution in [2.45, 2.75) is 30.0 Å². The third-order valence-corrected chi connectivity index (χ3v) is 5.50. The first kappa shape index (κ1) is 12.9. The number of aromatic nitrogens is 1. The van der Waals surface area contributed by atoms with Gasteiger partial charge in [-0.15, -0.1) is 11.3 Å². The van der Waals surface area contributed by atoms with Crippen molar-refractivity contribution in [1.29, 1.82) is 0 Å². The minimum absolute atomic E-state index is 0.297. The maximum atomic E-state index is 11.9. The van der Waals surface area contributed by atoms with Gasteiger partial charge in [0.15, 0.2) is 4.34 Å². The van der Waals surface area contributed by atoms with E-state index in [0.717, 1.165) is 35.1 Å². The number of rotatable bonds is 3. The molecule has 1 aliphatic heterocycles. The molecule has 3 nitrogen and oxygen atoms in total. The van der Waals surface area contributed by atoms with Crippen molar-refractivity contribution in [3.05, 3.63) is 24.3 Å². The highest BCUT2D eigenvalue weighted by molar-refractivity contribution is 8.01. The molecule has 0 atom stereocenters. The fourth-order valence-electron chi connectivity index (χ4n) is 2.22. The molecular formula is C14H16N2OS2. The molecule has 1 aromatic carbocycles. The first-order valence-corrected chi connectivity index (χ1v) is 8.39. The highest BCUT2D eigenvalue weighted by Crippen LogP contribution is 2.30. The summed E-state index contributed by atoms with van der Waals surface area (Å²) in [5, 5.41) is 0. The molecule has 1 aromatic heterocycles. The molecule has 2 heterocycles. The van der Waals surface area contributed by atoms with Gasteiger partial charge in [0.05, 0.1) is 16.1 Å². The van der Waals surface area contributed by atoms with Crippen LogP contribution in [0.15, 0.2) is 28.6 Å². The minimum Gasteiger partial charge on any atom is -0.333 e. The van der Waals surface area contributed by atoms with Crippen molar-refractivity contribution < 1.29 is 4.79 Å². The van der Waals surface area contributed by atoms with E-state index in [2.05, 4.69) is 11.1 Å². The molecule has 0 N–H and O–H groups in total. The summed E-state index contributed by atoms with van der Waals surface area (Å²) in [6, 6.07) is 8.17. The number of fused-ring (bicyclic) bond motifs is 1. The zero-order valence-electron chi connectivity index (χ0n) is 10.7. The molecule has 5 heteroatoms. The van der Waals surface area contributed by atoms with Crippen molar-refractivity contribution in [1.82, 2.24) is 9.88 Å². The number of carbonyl (C=O) groups excluding carboxylic acids is 1. The first-order valence-electron chi connectivity index (χ1n) is 6.59. The predicted octanol–water partition coefficient (Wildman–Crippen LogP) is 3.75. The molecule has 3 rings (SSSR count). The zero-order chi connectivity index (χ0) is 13.1. The van der Waals surface area contributed by atoms with Crippen molar-refractivity contribution in [3.63, 3.8) is 0 Å². The van der Waals surface area contributed by atoms with Gasteiger partial charge < -0.3 is 4.90 Å². The van der Waals surface area contributed by atoms with Gasteiger partial charge >= 0.3 is 0 Å². The van der Waals surface area contributed by atoms with E-state index in [-0.39, 0.29) is 0 Å². The predicted molar refractivity (Wildman–Crippen MR) is 80.5 cm³/mol. The van der Waals surface area contributed by atoms with E-state index in [9.17, 15) is 4.79 Å². The van der Waals surface area contributed by atoms with Crippen LogP contribution in [-0.4, -0.2) is 28.2 Å². The summed E-state index contributed by atoms with van der Waals surface area (Å²) in [5.74, 6) is 1.03. The molecule has 1 amide bonds. The topological polar surface area (TPSA) is 33.2 Å². The number of carbonyl (C=O) groups is 1. The monoisotopic (exact) mass is 292 g/mol. The molecule has 0 saturated carbocycles. The van der Waals surface area contributed by atoms with Crippen molar-refractivity contribution >= 4 is 39.2 Å². The number of amides is 1. The van der Waals surface area contributed by atoms with Crippen molar-refractivity contribution in [2.24, 2.45) is 0 Å². The normalized spacial score (nSPS) is 16.8. The van der Waals surface area contributed by atoms with Gasteiger partial charge in [-0.25, -0.2) is 4.98 Å². The van der Waals surface area contributed by atoms with Crippen LogP contribution in [0.5, 0.6) is 0 Å². The lowest BCUT2D eigenvalue weighted by Gasteiger charge is -2.18. The summed E-state index contributed by atoms with van der Waals surface area (Å²) >= 11 is 3.38. The van der Waals surface area contributed by atoms with Gasteiger partial charge in [0.1, 0.15) is 0 Å². The number of hydrogen-bond acceptors (Lipinski definition) is 4. The molecule has 100 valence electrons. The van der Waals surface area contributed by atoms with E-state index in [4.69, 9.17) is 0 Å². The Morgan fingerprint density at radius 2 is 2.16 bits per heavy atom. The maximum Gasteiger partial charge on any atom is 0.223 e. The van der Waals surface area contributed by atoms with Crippen LogP contribution >= 0.6 is 23.1 Å². The fourth-order valence-corrected chi connectivity index (χ4v) is 4.28. The van der Waals surface area contributed by atoms with Crippen molar-refractivity contribution in [3.8, 4) is 0 Å². The summed E-state index contributed by atoms with van der Waals surface area (Å²) in [7, 11) is 0. The van der Waals surface area contributed by atoms with Crippen LogP contribution in [0.4, 0.5) is 0 Å². The second-order valence-electron chi connectivity index (χ2n) is 4.69. The number of hydrogen-bond donors (Lipinski definition) is 0. The van der Waals surface area contributed by atoms with Gasteiger partial charge in [-0.05, 0) is 25.0 Å². The molecular weight excluding hydrogens is 276 g/mol. The number of para-hydroxylation sites is 1. The summed E-state index contributed by atoms with van der Waals surface area (Å²) in [6.07, 6.45) is 4.06. The summed E-state index contributed by atoms with van der Waals surface area (Å²) < 4.78 is 2.27. The van der Waals surface area contributed by atoms with E-state index in [1.165, 1.54) is 11.1 Å². The number of thioether (sulfide) groups is 1. The third kappa shape index (κ3) is 3.09. The van der Waals surface area contributed by atoms with Crippen LogP contribution < -0.4 is 0 Å². The van der Waals surface area contributed by atoms with Gasteiger partial charge in [-0.1, -0.05) is 30.3 Å². The Kier molecular flexibility index (Phi) is 4.03. The lowest BCUT2D eigenvalue weighted by atomic mass is 10.2. The average molecular weight is 292 g/mol. The Balaban J connectivity index is 1.66. The molecule has 0 aliphatic carbocycles. The van der Waals surface area contributed by atoms with Crippen LogP contribution in [0.25, 0.3) is 10.2 Å². The molecule has 1 fully saturated rings.